The van der Waals surface area contributed by atoms with Crippen molar-refractivity contribution in [2.75, 3.05) is 7.11 Å². The second kappa shape index (κ2) is 7.51. The van der Waals surface area contributed by atoms with Crippen LogP contribution in [0.2, 0.25) is 0 Å². The zero-order chi connectivity index (χ0) is 14.3. The fraction of sp³-hybridized carbons (Fsp3) is 0.429. The Balaban J connectivity index is 2.69. The highest BCUT2D eigenvalue weighted by atomic mass is 19.1. The van der Waals surface area contributed by atoms with Gasteiger partial charge in [-0.2, -0.15) is 0 Å². The normalized spacial score (nSPS) is 11.7. The molecule has 0 heterocycles. The largest absolute Gasteiger partial charge is 0.467 e. The lowest BCUT2D eigenvalue weighted by Gasteiger charge is -2.16. The van der Waals surface area contributed by atoms with Crippen molar-refractivity contribution in [2.24, 2.45) is 0 Å². The minimum Gasteiger partial charge on any atom is -0.467 e. The third-order valence-electron chi connectivity index (χ3n) is 2.74. The number of hydrogen-bond donors (Lipinski definition) is 1. The van der Waals surface area contributed by atoms with E-state index in [0.717, 1.165) is 12.8 Å². The monoisotopic (exact) mass is 267 g/mol. The molecule has 19 heavy (non-hydrogen) atoms. The van der Waals surface area contributed by atoms with Crippen LogP contribution in [0.15, 0.2) is 24.3 Å². The summed E-state index contributed by atoms with van der Waals surface area (Å²) in [5, 5.41) is 2.60. The molecule has 0 aliphatic rings. The Morgan fingerprint density at radius 2 is 1.95 bits per heavy atom. The summed E-state index contributed by atoms with van der Waals surface area (Å²) in [5.74, 6) is -1.29. The molecule has 0 unspecified atom stereocenters. The van der Waals surface area contributed by atoms with Crippen molar-refractivity contribution < 1.29 is 18.7 Å². The molecule has 0 saturated carbocycles. The SMILES string of the molecule is CCCC[C@H](NC(=O)c1ccc(F)cc1)C(=O)OC. The summed E-state index contributed by atoms with van der Waals surface area (Å²) in [5.41, 5.74) is 0.312. The third kappa shape index (κ3) is 4.69. The van der Waals surface area contributed by atoms with E-state index < -0.39 is 23.7 Å². The molecule has 1 N–H and O–H groups in total. The Labute approximate surface area is 112 Å². The molecule has 1 rings (SSSR count). The number of rotatable bonds is 6. The van der Waals surface area contributed by atoms with E-state index in [-0.39, 0.29) is 0 Å². The Morgan fingerprint density at radius 3 is 2.47 bits per heavy atom. The first kappa shape index (κ1) is 15.1. The Morgan fingerprint density at radius 1 is 1.32 bits per heavy atom. The second-order valence-corrected chi connectivity index (χ2v) is 4.20. The van der Waals surface area contributed by atoms with Crippen LogP contribution >= 0.6 is 0 Å². The number of unbranched alkanes of at least 4 members (excludes halogenated alkanes) is 1. The van der Waals surface area contributed by atoms with Crippen molar-refractivity contribution in [2.45, 2.75) is 32.2 Å². The van der Waals surface area contributed by atoms with Crippen LogP contribution < -0.4 is 5.32 Å². The Kier molecular flexibility index (Phi) is 5.99. The summed E-state index contributed by atoms with van der Waals surface area (Å²) in [6.45, 7) is 2.00. The highest BCUT2D eigenvalue weighted by Crippen LogP contribution is 2.06. The van der Waals surface area contributed by atoms with Crippen molar-refractivity contribution in [3.05, 3.63) is 35.6 Å². The molecule has 1 aromatic rings. The number of ether oxygens (including phenoxy) is 1. The molecule has 0 aliphatic carbocycles. The zero-order valence-electron chi connectivity index (χ0n) is 11.1. The van der Waals surface area contributed by atoms with Crippen LogP contribution in [0, 0.1) is 5.82 Å². The van der Waals surface area contributed by atoms with Crippen molar-refractivity contribution in [3.8, 4) is 0 Å². The van der Waals surface area contributed by atoms with E-state index in [1.165, 1.54) is 31.4 Å². The maximum absolute atomic E-state index is 12.8. The van der Waals surface area contributed by atoms with E-state index in [0.29, 0.717) is 12.0 Å². The molecule has 0 saturated heterocycles. The number of amides is 1. The number of benzene rings is 1. The van der Waals surface area contributed by atoms with E-state index in [4.69, 9.17) is 0 Å². The average Bonchev–Trinajstić information content (AvgIpc) is 2.43. The fourth-order valence-corrected chi connectivity index (χ4v) is 1.64. The third-order valence-corrected chi connectivity index (χ3v) is 2.74. The zero-order valence-corrected chi connectivity index (χ0v) is 11.1. The highest BCUT2D eigenvalue weighted by molar-refractivity contribution is 5.96. The fourth-order valence-electron chi connectivity index (χ4n) is 1.64. The molecule has 1 atom stereocenters. The van der Waals surface area contributed by atoms with Gasteiger partial charge in [-0.15, -0.1) is 0 Å². The predicted molar refractivity (Wildman–Crippen MR) is 69.2 cm³/mol. The molecule has 5 heteroatoms. The quantitative estimate of drug-likeness (QED) is 0.804. The van der Waals surface area contributed by atoms with Crippen molar-refractivity contribution in [3.63, 3.8) is 0 Å². The molecule has 0 fully saturated rings. The minimum absolute atomic E-state index is 0.312. The smallest absolute Gasteiger partial charge is 0.328 e. The molecule has 4 nitrogen and oxygen atoms in total. The number of nitrogens with one attached hydrogen (secondary N) is 1. The molecule has 104 valence electrons. The lowest BCUT2D eigenvalue weighted by molar-refractivity contribution is -0.143. The number of esters is 1. The maximum atomic E-state index is 12.8. The second-order valence-electron chi connectivity index (χ2n) is 4.20. The minimum atomic E-state index is -0.664. The summed E-state index contributed by atoms with van der Waals surface area (Å²) in [7, 11) is 1.28. The predicted octanol–water partition coefficient (Wildman–Crippen LogP) is 2.29. The van der Waals surface area contributed by atoms with Crippen LogP contribution in [0.1, 0.15) is 36.5 Å². The van der Waals surface area contributed by atoms with Crippen LogP contribution in [0.25, 0.3) is 0 Å². The van der Waals surface area contributed by atoms with Crippen LogP contribution in [0.3, 0.4) is 0 Å². The van der Waals surface area contributed by atoms with Gasteiger partial charge in [-0.1, -0.05) is 19.8 Å². The van der Waals surface area contributed by atoms with Gasteiger partial charge in [0, 0.05) is 5.56 Å². The number of methoxy groups -OCH3 is 1. The molecule has 0 spiro atoms. The van der Waals surface area contributed by atoms with Gasteiger partial charge in [0.05, 0.1) is 7.11 Å². The van der Waals surface area contributed by atoms with Gasteiger partial charge in [-0.25, -0.2) is 9.18 Å². The number of halogens is 1. The molecule has 1 aromatic carbocycles. The van der Waals surface area contributed by atoms with Gasteiger partial charge in [-0.05, 0) is 30.7 Å². The summed E-state index contributed by atoms with van der Waals surface area (Å²) >= 11 is 0. The summed E-state index contributed by atoms with van der Waals surface area (Å²) in [4.78, 5) is 23.5. The molecule has 0 radical (unpaired) electrons. The molecular formula is C14H18FNO3. The van der Waals surface area contributed by atoms with E-state index in [1.54, 1.807) is 0 Å². The summed E-state index contributed by atoms with van der Waals surface area (Å²) in [6, 6.07) is 4.49. The summed E-state index contributed by atoms with van der Waals surface area (Å²) < 4.78 is 17.4. The van der Waals surface area contributed by atoms with Gasteiger partial charge in [0.2, 0.25) is 0 Å². The van der Waals surface area contributed by atoms with Crippen molar-refractivity contribution in [1.82, 2.24) is 5.32 Å². The number of carbonyl (C=O) groups excluding carboxylic acids is 2. The topological polar surface area (TPSA) is 55.4 Å². The molecular weight excluding hydrogens is 249 g/mol. The Hall–Kier alpha value is -1.91. The average molecular weight is 267 g/mol. The van der Waals surface area contributed by atoms with Gasteiger partial charge in [0.15, 0.2) is 0 Å². The number of hydrogen-bond acceptors (Lipinski definition) is 3. The molecule has 0 bridgehead atoms. The van der Waals surface area contributed by atoms with Gasteiger partial charge in [0.25, 0.3) is 5.91 Å². The first-order chi connectivity index (χ1) is 9.08. The van der Waals surface area contributed by atoms with Crippen LogP contribution in [0.5, 0.6) is 0 Å². The summed E-state index contributed by atoms with van der Waals surface area (Å²) in [6.07, 6.45) is 2.25. The van der Waals surface area contributed by atoms with E-state index in [2.05, 4.69) is 10.1 Å². The highest BCUT2D eigenvalue weighted by Gasteiger charge is 2.21. The van der Waals surface area contributed by atoms with Crippen LogP contribution in [-0.4, -0.2) is 25.0 Å². The van der Waals surface area contributed by atoms with Gasteiger partial charge in [-0.3, -0.25) is 4.79 Å². The van der Waals surface area contributed by atoms with E-state index in [9.17, 15) is 14.0 Å². The Bertz CT molecular complexity index is 431. The van der Waals surface area contributed by atoms with Crippen molar-refractivity contribution >= 4 is 11.9 Å². The van der Waals surface area contributed by atoms with Gasteiger partial charge in [0.1, 0.15) is 11.9 Å². The first-order valence-corrected chi connectivity index (χ1v) is 6.22. The van der Waals surface area contributed by atoms with E-state index in [1.807, 2.05) is 6.92 Å². The van der Waals surface area contributed by atoms with Crippen LogP contribution in [0.4, 0.5) is 4.39 Å². The molecule has 0 aliphatic heterocycles. The lowest BCUT2D eigenvalue weighted by Crippen LogP contribution is -2.41. The lowest BCUT2D eigenvalue weighted by atomic mass is 10.1. The first-order valence-electron chi connectivity index (χ1n) is 6.22. The number of carbonyl (C=O) groups is 2. The van der Waals surface area contributed by atoms with Gasteiger partial charge >= 0.3 is 5.97 Å². The van der Waals surface area contributed by atoms with Crippen molar-refractivity contribution in [1.29, 1.82) is 0 Å². The van der Waals surface area contributed by atoms with E-state index >= 15 is 0 Å². The molecule has 1 amide bonds. The standard InChI is InChI=1S/C14H18FNO3/c1-3-4-5-12(14(18)19-2)16-13(17)10-6-8-11(15)9-7-10/h6-9,12H,3-5H2,1-2H3,(H,16,17)/t12-/m0/s1. The van der Waals surface area contributed by atoms with Gasteiger partial charge < -0.3 is 10.1 Å². The maximum Gasteiger partial charge on any atom is 0.328 e. The van der Waals surface area contributed by atoms with Crippen LogP contribution in [-0.2, 0) is 9.53 Å². The molecule has 0 aromatic heterocycles.